The lowest BCUT2D eigenvalue weighted by molar-refractivity contribution is -0.147. The fourth-order valence-electron chi connectivity index (χ4n) is 2.70. The van der Waals surface area contributed by atoms with Crippen molar-refractivity contribution in [3.8, 4) is 11.4 Å². The molecule has 1 aromatic carbocycles. The van der Waals surface area contributed by atoms with E-state index in [-0.39, 0.29) is 23.6 Å². The second-order valence-electron chi connectivity index (χ2n) is 5.72. The number of benzene rings is 1. The molecule has 0 amide bonds. The number of thioether (sulfide) groups is 1. The Labute approximate surface area is 143 Å². The summed E-state index contributed by atoms with van der Waals surface area (Å²) in [6.45, 7) is 0. The largest absolute Gasteiger partial charge is 0.462 e. The molecule has 1 aliphatic rings. The van der Waals surface area contributed by atoms with Crippen molar-refractivity contribution in [2.24, 2.45) is 0 Å². The summed E-state index contributed by atoms with van der Waals surface area (Å²) in [6.07, 6.45) is 5.37. The van der Waals surface area contributed by atoms with Crippen LogP contribution in [0, 0.1) is 5.82 Å². The van der Waals surface area contributed by atoms with Crippen LogP contribution in [0.3, 0.4) is 0 Å². The van der Waals surface area contributed by atoms with Crippen molar-refractivity contribution in [1.29, 1.82) is 0 Å². The molecule has 0 atom stereocenters. The highest BCUT2D eigenvalue weighted by atomic mass is 32.2. The minimum Gasteiger partial charge on any atom is -0.462 e. The zero-order valence-corrected chi connectivity index (χ0v) is 14.0. The molecule has 3 rings (SSSR count). The van der Waals surface area contributed by atoms with E-state index in [1.165, 1.54) is 35.0 Å². The van der Waals surface area contributed by atoms with Gasteiger partial charge in [0.25, 0.3) is 0 Å². The quantitative estimate of drug-likeness (QED) is 0.507. The van der Waals surface area contributed by atoms with Gasteiger partial charge in [0, 0.05) is 5.56 Å². The summed E-state index contributed by atoms with van der Waals surface area (Å²) in [5.74, 6) is 5.92. The third kappa shape index (κ3) is 4.05. The van der Waals surface area contributed by atoms with Gasteiger partial charge in [0.05, 0.1) is 5.75 Å². The summed E-state index contributed by atoms with van der Waals surface area (Å²) in [5, 5.41) is 8.40. The van der Waals surface area contributed by atoms with E-state index in [9.17, 15) is 9.18 Å². The lowest BCUT2D eigenvalue weighted by Crippen LogP contribution is -2.22. The van der Waals surface area contributed by atoms with Crippen molar-refractivity contribution in [3.63, 3.8) is 0 Å². The number of ether oxygens (including phenoxy) is 1. The highest BCUT2D eigenvalue weighted by Gasteiger charge is 2.19. The molecule has 0 unspecified atom stereocenters. The molecular formula is C16H19FN4O2S. The Morgan fingerprint density at radius 1 is 1.25 bits per heavy atom. The number of nitrogen functional groups attached to an aromatic ring is 1. The lowest BCUT2D eigenvalue weighted by atomic mass is 9.98. The molecule has 0 bridgehead atoms. The van der Waals surface area contributed by atoms with Crippen LogP contribution in [0.15, 0.2) is 29.4 Å². The third-order valence-electron chi connectivity index (χ3n) is 3.94. The SMILES string of the molecule is Nn1c(SCC(=O)OC2CCCCC2)nnc1-c1ccc(F)cc1. The number of carbonyl (C=O) groups is 1. The molecule has 0 saturated heterocycles. The van der Waals surface area contributed by atoms with E-state index in [0.717, 1.165) is 25.7 Å². The van der Waals surface area contributed by atoms with Gasteiger partial charge in [-0.2, -0.15) is 0 Å². The van der Waals surface area contributed by atoms with Crippen LogP contribution in [-0.2, 0) is 9.53 Å². The third-order valence-corrected chi connectivity index (χ3v) is 4.85. The fraction of sp³-hybridized carbons (Fsp3) is 0.438. The van der Waals surface area contributed by atoms with E-state index in [1.54, 1.807) is 12.1 Å². The Bertz CT molecular complexity index is 699. The van der Waals surface area contributed by atoms with E-state index in [0.29, 0.717) is 16.5 Å². The number of halogens is 1. The zero-order chi connectivity index (χ0) is 16.9. The predicted octanol–water partition coefficient (Wildman–Crippen LogP) is 2.77. The summed E-state index contributed by atoms with van der Waals surface area (Å²) >= 11 is 1.18. The number of hydrogen-bond acceptors (Lipinski definition) is 6. The van der Waals surface area contributed by atoms with E-state index >= 15 is 0 Å². The Morgan fingerprint density at radius 3 is 2.67 bits per heavy atom. The first kappa shape index (κ1) is 16.8. The van der Waals surface area contributed by atoms with Gasteiger partial charge in [-0.15, -0.1) is 10.2 Å². The molecule has 8 heteroatoms. The van der Waals surface area contributed by atoms with E-state index < -0.39 is 0 Å². The molecule has 2 aromatic rings. The average molecular weight is 350 g/mol. The molecule has 2 N–H and O–H groups in total. The van der Waals surface area contributed by atoms with Gasteiger partial charge < -0.3 is 10.6 Å². The van der Waals surface area contributed by atoms with Crippen molar-refractivity contribution >= 4 is 17.7 Å². The fourth-order valence-corrected chi connectivity index (χ4v) is 3.34. The van der Waals surface area contributed by atoms with Crippen LogP contribution in [0.5, 0.6) is 0 Å². The number of hydrogen-bond donors (Lipinski definition) is 1. The average Bonchev–Trinajstić information content (AvgIpc) is 2.95. The highest BCUT2D eigenvalue weighted by molar-refractivity contribution is 7.99. The van der Waals surface area contributed by atoms with Gasteiger partial charge in [-0.25, -0.2) is 9.07 Å². The van der Waals surface area contributed by atoms with Crippen molar-refractivity contribution in [2.75, 3.05) is 11.6 Å². The molecule has 0 aliphatic heterocycles. The first-order valence-corrected chi connectivity index (χ1v) is 8.91. The number of rotatable bonds is 5. The van der Waals surface area contributed by atoms with Crippen LogP contribution in [0.1, 0.15) is 32.1 Å². The Kier molecular flexibility index (Phi) is 5.34. The molecule has 1 saturated carbocycles. The molecule has 1 aromatic heterocycles. The van der Waals surface area contributed by atoms with Gasteiger partial charge in [0.15, 0.2) is 5.82 Å². The molecule has 1 fully saturated rings. The second-order valence-corrected chi connectivity index (χ2v) is 6.66. The van der Waals surface area contributed by atoms with Crippen molar-refractivity contribution in [3.05, 3.63) is 30.1 Å². The maximum atomic E-state index is 13.0. The van der Waals surface area contributed by atoms with Crippen molar-refractivity contribution < 1.29 is 13.9 Å². The smallest absolute Gasteiger partial charge is 0.316 e. The number of nitrogens with two attached hydrogens (primary N) is 1. The predicted molar refractivity (Wildman–Crippen MR) is 89.3 cm³/mol. The van der Waals surface area contributed by atoms with E-state index in [2.05, 4.69) is 10.2 Å². The van der Waals surface area contributed by atoms with E-state index in [1.807, 2.05) is 0 Å². The minimum absolute atomic E-state index is 0.0392. The molecule has 1 aliphatic carbocycles. The Balaban J connectivity index is 1.57. The molecule has 24 heavy (non-hydrogen) atoms. The van der Waals surface area contributed by atoms with Crippen molar-refractivity contribution in [2.45, 2.75) is 43.4 Å². The van der Waals surface area contributed by atoms with Gasteiger partial charge >= 0.3 is 5.97 Å². The molecule has 0 radical (unpaired) electrons. The van der Waals surface area contributed by atoms with Crippen LogP contribution in [-0.4, -0.2) is 32.7 Å². The molecule has 1 heterocycles. The minimum atomic E-state index is -0.332. The van der Waals surface area contributed by atoms with Crippen LogP contribution >= 0.6 is 11.8 Å². The van der Waals surface area contributed by atoms with Gasteiger partial charge in [-0.05, 0) is 49.9 Å². The maximum Gasteiger partial charge on any atom is 0.316 e. The molecule has 128 valence electrons. The summed E-state index contributed by atoms with van der Waals surface area (Å²) < 4.78 is 19.7. The number of carbonyl (C=O) groups excluding carboxylic acids is 1. The first-order valence-electron chi connectivity index (χ1n) is 7.92. The maximum absolute atomic E-state index is 13.0. The van der Waals surface area contributed by atoms with Crippen LogP contribution in [0.25, 0.3) is 11.4 Å². The summed E-state index contributed by atoms with van der Waals surface area (Å²) in [4.78, 5) is 11.9. The number of esters is 1. The Hall–Kier alpha value is -2.09. The normalized spacial score (nSPS) is 15.4. The lowest BCUT2D eigenvalue weighted by Gasteiger charge is -2.21. The first-order chi connectivity index (χ1) is 11.6. The van der Waals surface area contributed by atoms with E-state index in [4.69, 9.17) is 10.6 Å². The van der Waals surface area contributed by atoms with Crippen molar-refractivity contribution in [1.82, 2.24) is 14.9 Å². The van der Waals surface area contributed by atoms with Crippen LogP contribution in [0.4, 0.5) is 4.39 Å². The monoisotopic (exact) mass is 350 g/mol. The summed E-state index contributed by atoms with van der Waals surface area (Å²) in [5.41, 5.74) is 0.656. The number of nitrogens with zero attached hydrogens (tertiary/aromatic N) is 3. The van der Waals surface area contributed by atoms with Gasteiger partial charge in [0.2, 0.25) is 5.16 Å². The highest BCUT2D eigenvalue weighted by Crippen LogP contribution is 2.23. The summed E-state index contributed by atoms with van der Waals surface area (Å²) in [7, 11) is 0. The number of aromatic nitrogens is 3. The van der Waals surface area contributed by atoms with Crippen LogP contribution < -0.4 is 5.84 Å². The van der Waals surface area contributed by atoms with Gasteiger partial charge in [-0.1, -0.05) is 18.2 Å². The Morgan fingerprint density at radius 2 is 1.96 bits per heavy atom. The molecule has 0 spiro atoms. The summed E-state index contributed by atoms with van der Waals surface area (Å²) in [6, 6.07) is 5.82. The molecular weight excluding hydrogens is 331 g/mol. The van der Waals surface area contributed by atoms with Gasteiger partial charge in [0.1, 0.15) is 11.9 Å². The standard InChI is InChI=1S/C16H19FN4O2S/c17-12-8-6-11(7-9-12)15-19-20-16(21(15)18)24-10-14(22)23-13-4-2-1-3-5-13/h6-9,13H,1-5,10,18H2. The molecule has 6 nitrogen and oxygen atoms in total. The zero-order valence-electron chi connectivity index (χ0n) is 13.2. The topological polar surface area (TPSA) is 83.0 Å². The van der Waals surface area contributed by atoms with Crippen LogP contribution in [0.2, 0.25) is 0 Å². The van der Waals surface area contributed by atoms with Gasteiger partial charge in [-0.3, -0.25) is 4.79 Å². The second kappa shape index (κ2) is 7.65.